The molecule has 0 spiro atoms. The van der Waals surface area contributed by atoms with Gasteiger partial charge in [-0.15, -0.1) is 0 Å². The molecule has 0 aromatic carbocycles. The van der Waals surface area contributed by atoms with Crippen LogP contribution < -0.4 is 0 Å². The molecule has 0 aliphatic carbocycles. The number of hydrogen-bond donors (Lipinski definition) is 2. The van der Waals surface area contributed by atoms with Crippen LogP contribution in [-0.2, 0) is 9.59 Å². The van der Waals surface area contributed by atoms with Crippen LogP contribution in [0.25, 0.3) is 5.57 Å². The summed E-state index contributed by atoms with van der Waals surface area (Å²) in [5.74, 6) is -3.65. The van der Waals surface area contributed by atoms with Crippen LogP contribution in [0.5, 0.6) is 0 Å². The SMILES string of the molecule is CN1CCC=C(c2nccnc2Cl)C1.O=C(O)C(=O)O. The van der Waals surface area contributed by atoms with E-state index < -0.39 is 11.9 Å². The third kappa shape index (κ3) is 4.94. The van der Waals surface area contributed by atoms with E-state index in [9.17, 15) is 0 Å². The lowest BCUT2D eigenvalue weighted by atomic mass is 10.1. The first-order chi connectivity index (χ1) is 9.41. The second-order valence-electron chi connectivity index (χ2n) is 4.06. The van der Waals surface area contributed by atoms with Crippen molar-refractivity contribution >= 4 is 29.1 Å². The van der Waals surface area contributed by atoms with Crippen molar-refractivity contribution in [3.05, 3.63) is 29.3 Å². The van der Waals surface area contributed by atoms with Gasteiger partial charge in [0.05, 0.1) is 0 Å². The molecule has 0 amide bonds. The van der Waals surface area contributed by atoms with Crippen LogP contribution in [0.15, 0.2) is 18.5 Å². The monoisotopic (exact) mass is 299 g/mol. The quantitative estimate of drug-likeness (QED) is 0.746. The normalized spacial score (nSPS) is 14.8. The van der Waals surface area contributed by atoms with Crippen LogP contribution in [0.4, 0.5) is 0 Å². The largest absolute Gasteiger partial charge is 0.473 e. The number of aromatic nitrogens is 2. The Labute approximate surface area is 120 Å². The van der Waals surface area contributed by atoms with E-state index in [0.29, 0.717) is 5.15 Å². The molecule has 2 rings (SSSR count). The zero-order chi connectivity index (χ0) is 15.1. The second-order valence-corrected chi connectivity index (χ2v) is 4.42. The van der Waals surface area contributed by atoms with Crippen LogP contribution in [-0.4, -0.2) is 57.2 Å². The first-order valence-corrected chi connectivity index (χ1v) is 6.10. The van der Waals surface area contributed by atoms with Crippen molar-refractivity contribution in [1.29, 1.82) is 0 Å². The van der Waals surface area contributed by atoms with Crippen LogP contribution in [0, 0.1) is 0 Å². The predicted octanol–water partition coefficient (Wildman–Crippen LogP) is 1.00. The van der Waals surface area contributed by atoms with Gasteiger partial charge in [0, 0.05) is 25.5 Å². The lowest BCUT2D eigenvalue weighted by Crippen LogP contribution is -2.25. The standard InChI is InChI=1S/C10H12ClN3.C2H2O4/c1-14-6-2-3-8(7-14)9-10(11)13-5-4-12-9;3-1(4)2(5)6/h3-5H,2,6-7H2,1H3;(H,3,4)(H,5,6). The number of carboxylic acids is 2. The first kappa shape index (κ1) is 16.1. The predicted molar refractivity (Wildman–Crippen MR) is 72.4 cm³/mol. The summed E-state index contributed by atoms with van der Waals surface area (Å²) in [6.45, 7) is 2.00. The van der Waals surface area contributed by atoms with Gasteiger partial charge in [-0.3, -0.25) is 4.98 Å². The van der Waals surface area contributed by atoms with E-state index in [1.807, 2.05) is 0 Å². The Morgan fingerprint density at radius 3 is 2.35 bits per heavy atom. The molecular formula is C12H14ClN3O4. The Hall–Kier alpha value is -1.99. The minimum absolute atomic E-state index is 0.494. The van der Waals surface area contributed by atoms with Crippen molar-refractivity contribution < 1.29 is 19.8 Å². The smallest absolute Gasteiger partial charge is 0.414 e. The van der Waals surface area contributed by atoms with Gasteiger partial charge in [0.25, 0.3) is 0 Å². The van der Waals surface area contributed by atoms with Gasteiger partial charge < -0.3 is 15.1 Å². The summed E-state index contributed by atoms with van der Waals surface area (Å²) < 4.78 is 0. The maximum atomic E-state index is 9.10. The maximum absolute atomic E-state index is 9.10. The molecule has 1 aliphatic rings. The second kappa shape index (κ2) is 7.56. The van der Waals surface area contributed by atoms with E-state index in [4.69, 9.17) is 31.4 Å². The van der Waals surface area contributed by atoms with Gasteiger partial charge in [0.15, 0.2) is 5.15 Å². The van der Waals surface area contributed by atoms with Crippen molar-refractivity contribution in [3.8, 4) is 0 Å². The summed E-state index contributed by atoms with van der Waals surface area (Å²) in [5.41, 5.74) is 2.00. The summed E-state index contributed by atoms with van der Waals surface area (Å²) >= 11 is 5.97. The Bertz CT molecular complexity index is 521. The summed E-state index contributed by atoms with van der Waals surface area (Å²) in [4.78, 5) is 28.7. The summed E-state index contributed by atoms with van der Waals surface area (Å²) in [7, 11) is 2.09. The molecule has 0 saturated heterocycles. The highest BCUT2D eigenvalue weighted by Gasteiger charge is 2.14. The van der Waals surface area contributed by atoms with Gasteiger partial charge in [-0.2, -0.15) is 0 Å². The Balaban J connectivity index is 0.000000286. The van der Waals surface area contributed by atoms with Crippen LogP contribution in [0.1, 0.15) is 12.1 Å². The minimum atomic E-state index is -1.82. The number of halogens is 1. The molecule has 0 unspecified atom stereocenters. The molecular weight excluding hydrogens is 286 g/mol. The summed E-state index contributed by atoms with van der Waals surface area (Å²) in [6, 6.07) is 0. The van der Waals surface area contributed by atoms with E-state index in [0.717, 1.165) is 25.2 Å². The lowest BCUT2D eigenvalue weighted by Gasteiger charge is -2.22. The molecule has 1 aromatic heterocycles. The number of rotatable bonds is 1. The third-order valence-corrected chi connectivity index (χ3v) is 2.76. The fourth-order valence-electron chi connectivity index (χ4n) is 1.60. The highest BCUT2D eigenvalue weighted by molar-refractivity contribution is 6.30. The van der Waals surface area contributed by atoms with E-state index in [2.05, 4.69) is 28.0 Å². The van der Waals surface area contributed by atoms with Gasteiger partial charge in [-0.25, -0.2) is 14.6 Å². The Kier molecular flexibility index (Phi) is 6.08. The van der Waals surface area contributed by atoms with E-state index in [1.165, 1.54) is 5.57 Å². The zero-order valence-corrected chi connectivity index (χ0v) is 11.5. The minimum Gasteiger partial charge on any atom is -0.473 e. The van der Waals surface area contributed by atoms with Crippen molar-refractivity contribution in [2.45, 2.75) is 6.42 Å². The number of nitrogens with zero attached hydrogens (tertiary/aromatic N) is 3. The van der Waals surface area contributed by atoms with E-state index in [-0.39, 0.29) is 0 Å². The van der Waals surface area contributed by atoms with Crippen LogP contribution in [0.2, 0.25) is 5.15 Å². The third-order valence-electron chi connectivity index (χ3n) is 2.48. The van der Waals surface area contributed by atoms with E-state index in [1.54, 1.807) is 12.4 Å². The van der Waals surface area contributed by atoms with Crippen molar-refractivity contribution in [1.82, 2.24) is 14.9 Å². The zero-order valence-electron chi connectivity index (χ0n) is 10.8. The molecule has 0 fully saturated rings. The number of likely N-dealkylation sites (N-methyl/N-ethyl adjacent to an activating group) is 1. The number of hydrogen-bond acceptors (Lipinski definition) is 5. The molecule has 7 nitrogen and oxygen atoms in total. The Morgan fingerprint density at radius 1 is 1.25 bits per heavy atom. The van der Waals surface area contributed by atoms with Crippen LogP contribution >= 0.6 is 11.6 Å². The molecule has 0 bridgehead atoms. The molecule has 20 heavy (non-hydrogen) atoms. The summed E-state index contributed by atoms with van der Waals surface area (Å²) in [6.07, 6.45) is 6.53. The van der Waals surface area contributed by atoms with Crippen molar-refractivity contribution in [3.63, 3.8) is 0 Å². The maximum Gasteiger partial charge on any atom is 0.414 e. The fourth-order valence-corrected chi connectivity index (χ4v) is 1.83. The van der Waals surface area contributed by atoms with E-state index >= 15 is 0 Å². The van der Waals surface area contributed by atoms with Crippen molar-refractivity contribution in [2.75, 3.05) is 20.1 Å². The number of aliphatic carboxylic acids is 2. The fraction of sp³-hybridized carbons (Fsp3) is 0.333. The van der Waals surface area contributed by atoms with Gasteiger partial charge in [-0.1, -0.05) is 17.7 Å². The topological polar surface area (TPSA) is 104 Å². The summed E-state index contributed by atoms with van der Waals surface area (Å²) in [5, 5.41) is 15.3. The highest BCUT2D eigenvalue weighted by Crippen LogP contribution is 2.22. The molecule has 1 aliphatic heterocycles. The molecule has 2 heterocycles. The molecule has 1 aromatic rings. The van der Waals surface area contributed by atoms with Crippen molar-refractivity contribution in [2.24, 2.45) is 0 Å². The number of carbonyl (C=O) groups is 2. The Morgan fingerprint density at radius 2 is 1.85 bits per heavy atom. The van der Waals surface area contributed by atoms with Crippen LogP contribution in [0.3, 0.4) is 0 Å². The van der Waals surface area contributed by atoms with Gasteiger partial charge in [-0.05, 0) is 19.0 Å². The van der Waals surface area contributed by atoms with Gasteiger partial charge in [0.2, 0.25) is 0 Å². The lowest BCUT2D eigenvalue weighted by molar-refractivity contribution is -0.159. The van der Waals surface area contributed by atoms with Gasteiger partial charge >= 0.3 is 11.9 Å². The average Bonchev–Trinajstić information content (AvgIpc) is 2.40. The molecule has 0 saturated carbocycles. The molecule has 2 N–H and O–H groups in total. The first-order valence-electron chi connectivity index (χ1n) is 5.72. The number of carboxylic acid groups (broad SMARTS) is 2. The average molecular weight is 300 g/mol. The molecule has 108 valence electrons. The van der Waals surface area contributed by atoms with Gasteiger partial charge in [0.1, 0.15) is 5.69 Å². The molecule has 0 radical (unpaired) electrons. The molecule has 0 atom stereocenters. The highest BCUT2D eigenvalue weighted by atomic mass is 35.5. The molecule has 8 heteroatoms.